The molecule has 0 radical (unpaired) electrons. The topological polar surface area (TPSA) is 29.9 Å². The van der Waals surface area contributed by atoms with Gasteiger partial charge in [-0.15, -0.1) is 0 Å². The monoisotopic (exact) mass is 329 g/mol. The number of halogens is 3. The van der Waals surface area contributed by atoms with Gasteiger partial charge in [-0.2, -0.15) is 5.10 Å². The first-order valence-corrected chi connectivity index (χ1v) is 7.57. The molecule has 0 saturated heterocycles. The lowest BCUT2D eigenvalue weighted by Gasteiger charge is -2.18. The van der Waals surface area contributed by atoms with Crippen LogP contribution in [0.4, 0.5) is 4.39 Å². The number of aryl methyl sites for hydroxylation is 2. The molecule has 1 aromatic carbocycles. The molecule has 0 spiro atoms. The summed E-state index contributed by atoms with van der Waals surface area (Å²) < 4.78 is 16.0. The SMILES string of the molecule is CCn1nc(C)c(Cl)c1CC(NC)c1ccc(Cl)cc1F. The van der Waals surface area contributed by atoms with Crippen molar-refractivity contribution in [3.05, 3.63) is 51.0 Å². The molecule has 114 valence electrons. The van der Waals surface area contributed by atoms with Crippen LogP contribution in [0.25, 0.3) is 0 Å². The van der Waals surface area contributed by atoms with Gasteiger partial charge in [0.25, 0.3) is 0 Å². The van der Waals surface area contributed by atoms with Crippen LogP contribution in [0.3, 0.4) is 0 Å². The largest absolute Gasteiger partial charge is 0.313 e. The predicted molar refractivity (Wildman–Crippen MR) is 84.6 cm³/mol. The number of aromatic nitrogens is 2. The van der Waals surface area contributed by atoms with E-state index in [2.05, 4.69) is 10.4 Å². The van der Waals surface area contributed by atoms with Crippen LogP contribution in [-0.4, -0.2) is 16.8 Å². The van der Waals surface area contributed by atoms with Gasteiger partial charge >= 0.3 is 0 Å². The highest BCUT2D eigenvalue weighted by Crippen LogP contribution is 2.28. The molecule has 1 unspecified atom stereocenters. The molecule has 3 nitrogen and oxygen atoms in total. The number of nitrogens with one attached hydrogen (secondary N) is 1. The summed E-state index contributed by atoms with van der Waals surface area (Å²) in [6.45, 7) is 4.60. The van der Waals surface area contributed by atoms with Gasteiger partial charge in [-0.1, -0.05) is 29.3 Å². The molecular formula is C15H18Cl2FN3. The van der Waals surface area contributed by atoms with Crippen molar-refractivity contribution in [2.24, 2.45) is 0 Å². The molecule has 6 heteroatoms. The molecule has 0 amide bonds. The second kappa shape index (κ2) is 6.77. The molecular weight excluding hydrogens is 312 g/mol. The van der Waals surface area contributed by atoms with E-state index in [1.807, 2.05) is 18.5 Å². The summed E-state index contributed by atoms with van der Waals surface area (Å²) in [6, 6.07) is 4.52. The third-order valence-corrected chi connectivity index (χ3v) is 4.26. The maximum Gasteiger partial charge on any atom is 0.129 e. The number of nitrogens with zero attached hydrogens (tertiary/aromatic N) is 2. The molecule has 0 bridgehead atoms. The Balaban J connectivity index is 2.35. The molecule has 1 N–H and O–H groups in total. The van der Waals surface area contributed by atoms with Crippen molar-refractivity contribution in [3.8, 4) is 0 Å². The second-order valence-electron chi connectivity index (χ2n) is 4.87. The van der Waals surface area contributed by atoms with Crippen LogP contribution in [0, 0.1) is 12.7 Å². The first-order chi connectivity index (χ1) is 9.97. The highest BCUT2D eigenvalue weighted by Gasteiger charge is 2.20. The van der Waals surface area contributed by atoms with Gasteiger partial charge in [-0.05, 0) is 33.0 Å². The third kappa shape index (κ3) is 3.39. The van der Waals surface area contributed by atoms with Crippen molar-refractivity contribution in [3.63, 3.8) is 0 Å². The minimum absolute atomic E-state index is 0.193. The average molecular weight is 330 g/mol. The van der Waals surface area contributed by atoms with Crippen LogP contribution < -0.4 is 5.32 Å². The van der Waals surface area contributed by atoms with Crippen LogP contribution in [-0.2, 0) is 13.0 Å². The van der Waals surface area contributed by atoms with Crippen molar-refractivity contribution in [1.29, 1.82) is 0 Å². The van der Waals surface area contributed by atoms with Crippen LogP contribution in [0.5, 0.6) is 0 Å². The predicted octanol–water partition coefficient (Wildman–Crippen LogP) is 4.16. The molecule has 2 rings (SSSR count). The van der Waals surface area contributed by atoms with Gasteiger partial charge < -0.3 is 5.32 Å². The second-order valence-corrected chi connectivity index (χ2v) is 5.69. The van der Waals surface area contributed by atoms with Crippen LogP contribution in [0.1, 0.15) is 29.9 Å². The summed E-state index contributed by atoms with van der Waals surface area (Å²) in [5.74, 6) is -0.322. The number of likely N-dealkylation sites (N-methyl/N-ethyl adjacent to an activating group) is 1. The number of hydrogen-bond donors (Lipinski definition) is 1. The maximum absolute atomic E-state index is 14.1. The first-order valence-electron chi connectivity index (χ1n) is 6.81. The molecule has 0 aliphatic carbocycles. The Hall–Kier alpha value is -1.10. The number of rotatable bonds is 5. The summed E-state index contributed by atoms with van der Waals surface area (Å²) in [6.07, 6.45) is 0.558. The Kier molecular flexibility index (Phi) is 5.25. The van der Waals surface area contributed by atoms with E-state index in [0.29, 0.717) is 22.0 Å². The normalized spacial score (nSPS) is 12.7. The van der Waals surface area contributed by atoms with Gasteiger partial charge in [0, 0.05) is 29.6 Å². The zero-order valence-electron chi connectivity index (χ0n) is 12.3. The smallest absolute Gasteiger partial charge is 0.129 e. The molecule has 0 fully saturated rings. The van der Waals surface area contributed by atoms with Gasteiger partial charge in [0.2, 0.25) is 0 Å². The molecule has 1 atom stereocenters. The standard InChI is InChI=1S/C15H18Cl2FN3/c1-4-21-14(15(17)9(2)20-21)8-13(19-3)11-6-5-10(16)7-12(11)18/h5-7,13,19H,4,8H2,1-3H3. The summed E-state index contributed by atoms with van der Waals surface area (Å²) in [4.78, 5) is 0. The minimum Gasteiger partial charge on any atom is -0.313 e. The van der Waals surface area contributed by atoms with Crippen LogP contribution in [0.15, 0.2) is 18.2 Å². The lowest BCUT2D eigenvalue weighted by molar-refractivity contribution is 0.510. The molecule has 0 aliphatic heterocycles. The highest BCUT2D eigenvalue weighted by molar-refractivity contribution is 6.31. The van der Waals surface area contributed by atoms with Crippen molar-refractivity contribution < 1.29 is 4.39 Å². The Morgan fingerprint density at radius 1 is 1.38 bits per heavy atom. The molecule has 1 aromatic heterocycles. The Morgan fingerprint density at radius 2 is 2.10 bits per heavy atom. The van der Waals surface area contributed by atoms with Gasteiger partial charge in [0.05, 0.1) is 16.4 Å². The Labute approximate surface area is 134 Å². The van der Waals surface area contributed by atoms with Crippen molar-refractivity contribution in [2.75, 3.05) is 7.05 Å². The van der Waals surface area contributed by atoms with E-state index in [4.69, 9.17) is 23.2 Å². The summed E-state index contributed by atoms with van der Waals surface area (Å²) >= 11 is 12.1. The zero-order chi connectivity index (χ0) is 15.6. The fourth-order valence-electron chi connectivity index (χ4n) is 2.41. The molecule has 0 saturated carbocycles. The summed E-state index contributed by atoms with van der Waals surface area (Å²) in [5.41, 5.74) is 2.27. The fraction of sp³-hybridized carbons (Fsp3) is 0.400. The lowest BCUT2D eigenvalue weighted by Crippen LogP contribution is -2.21. The van der Waals surface area contributed by atoms with E-state index < -0.39 is 0 Å². The number of benzene rings is 1. The Morgan fingerprint density at radius 3 is 2.67 bits per heavy atom. The third-order valence-electron chi connectivity index (χ3n) is 3.54. The molecule has 1 heterocycles. The number of hydrogen-bond acceptors (Lipinski definition) is 2. The lowest BCUT2D eigenvalue weighted by atomic mass is 10.0. The van der Waals surface area contributed by atoms with Crippen molar-refractivity contribution >= 4 is 23.2 Å². The Bertz CT molecular complexity index is 640. The van der Waals surface area contributed by atoms with Gasteiger partial charge in [0.15, 0.2) is 0 Å². The quantitative estimate of drug-likeness (QED) is 0.892. The van der Waals surface area contributed by atoms with E-state index in [9.17, 15) is 4.39 Å². The summed E-state index contributed by atoms with van der Waals surface area (Å²) in [7, 11) is 1.80. The molecule has 0 aliphatic rings. The zero-order valence-corrected chi connectivity index (χ0v) is 13.8. The van der Waals surface area contributed by atoms with Gasteiger partial charge in [-0.25, -0.2) is 4.39 Å². The maximum atomic E-state index is 14.1. The van der Waals surface area contributed by atoms with E-state index in [-0.39, 0.29) is 11.9 Å². The minimum atomic E-state index is -0.322. The fourth-order valence-corrected chi connectivity index (χ4v) is 2.78. The van der Waals surface area contributed by atoms with E-state index in [0.717, 1.165) is 17.9 Å². The van der Waals surface area contributed by atoms with E-state index >= 15 is 0 Å². The summed E-state index contributed by atoms with van der Waals surface area (Å²) in [5, 5.41) is 8.55. The molecule has 2 aromatic rings. The highest BCUT2D eigenvalue weighted by atomic mass is 35.5. The van der Waals surface area contributed by atoms with Crippen LogP contribution >= 0.6 is 23.2 Å². The van der Waals surface area contributed by atoms with Crippen molar-refractivity contribution in [1.82, 2.24) is 15.1 Å². The van der Waals surface area contributed by atoms with Gasteiger partial charge in [0.1, 0.15) is 5.82 Å². The van der Waals surface area contributed by atoms with Gasteiger partial charge in [-0.3, -0.25) is 4.68 Å². The van der Waals surface area contributed by atoms with E-state index in [1.54, 1.807) is 19.2 Å². The molecule has 21 heavy (non-hydrogen) atoms. The average Bonchev–Trinajstić information content (AvgIpc) is 2.72. The van der Waals surface area contributed by atoms with E-state index in [1.165, 1.54) is 6.07 Å². The van der Waals surface area contributed by atoms with Crippen molar-refractivity contribution in [2.45, 2.75) is 32.9 Å². The first kappa shape index (κ1) is 16.3. The van der Waals surface area contributed by atoms with Crippen LogP contribution in [0.2, 0.25) is 10.0 Å².